The third-order valence-corrected chi connectivity index (χ3v) is 2.25. The lowest BCUT2D eigenvalue weighted by molar-refractivity contribution is 0.0518. The third-order valence-electron chi connectivity index (χ3n) is 2.25. The van der Waals surface area contributed by atoms with Crippen LogP contribution in [0.1, 0.15) is 33.3 Å². The van der Waals surface area contributed by atoms with Gasteiger partial charge in [-0.3, -0.25) is 4.68 Å². The van der Waals surface area contributed by atoms with Gasteiger partial charge in [0.25, 0.3) is 0 Å². The smallest absolute Gasteiger partial charge is 0.407 e. The van der Waals surface area contributed by atoms with Crippen LogP contribution in [-0.2, 0) is 11.3 Å². The number of amides is 1. The zero-order valence-electron chi connectivity index (χ0n) is 11.9. The molecule has 0 aliphatic rings. The van der Waals surface area contributed by atoms with E-state index in [1.807, 2.05) is 44.8 Å². The number of nitrogens with zero attached hydrogens (tertiary/aromatic N) is 2. The van der Waals surface area contributed by atoms with Crippen molar-refractivity contribution in [2.45, 2.75) is 46.8 Å². The number of hydrogen-bond donors (Lipinski definition) is 1. The van der Waals surface area contributed by atoms with E-state index < -0.39 is 5.60 Å². The van der Waals surface area contributed by atoms with Crippen molar-refractivity contribution < 1.29 is 9.53 Å². The molecule has 0 aliphatic carbocycles. The fraction of sp³-hybridized carbons (Fsp3) is 0.692. The fourth-order valence-electron chi connectivity index (χ4n) is 1.52. The molecular weight excluding hydrogens is 230 g/mol. The Labute approximate surface area is 109 Å². The van der Waals surface area contributed by atoms with Gasteiger partial charge in [0.2, 0.25) is 0 Å². The van der Waals surface area contributed by atoms with Gasteiger partial charge in [0, 0.05) is 19.3 Å². The van der Waals surface area contributed by atoms with Gasteiger partial charge >= 0.3 is 6.09 Å². The van der Waals surface area contributed by atoms with Crippen LogP contribution in [0.4, 0.5) is 4.79 Å². The van der Waals surface area contributed by atoms with Crippen LogP contribution < -0.4 is 5.32 Å². The number of rotatable bonds is 4. The van der Waals surface area contributed by atoms with Crippen molar-refractivity contribution >= 4 is 6.09 Å². The first-order valence-corrected chi connectivity index (χ1v) is 6.22. The molecule has 1 aromatic rings. The molecule has 0 bridgehead atoms. The average Bonchev–Trinajstić information content (AvgIpc) is 2.58. The van der Waals surface area contributed by atoms with Crippen molar-refractivity contribution in [3.8, 4) is 0 Å². The fourth-order valence-corrected chi connectivity index (χ4v) is 1.52. The molecule has 1 aromatic heterocycles. The summed E-state index contributed by atoms with van der Waals surface area (Å²) in [6.45, 7) is 11.0. The van der Waals surface area contributed by atoms with Crippen LogP contribution in [0.15, 0.2) is 12.4 Å². The van der Waals surface area contributed by atoms with Crippen molar-refractivity contribution in [3.63, 3.8) is 0 Å². The van der Waals surface area contributed by atoms with Crippen molar-refractivity contribution in [1.29, 1.82) is 0 Å². The quantitative estimate of drug-likeness (QED) is 0.896. The lowest BCUT2D eigenvalue weighted by Gasteiger charge is -2.20. The monoisotopic (exact) mass is 253 g/mol. The van der Waals surface area contributed by atoms with Crippen LogP contribution >= 0.6 is 0 Å². The summed E-state index contributed by atoms with van der Waals surface area (Å²) in [5, 5.41) is 6.98. The second kappa shape index (κ2) is 5.89. The van der Waals surface area contributed by atoms with E-state index in [2.05, 4.69) is 17.3 Å². The summed E-state index contributed by atoms with van der Waals surface area (Å²) in [4.78, 5) is 11.5. The largest absolute Gasteiger partial charge is 0.444 e. The summed E-state index contributed by atoms with van der Waals surface area (Å²) in [5.74, 6) is 0.303. The van der Waals surface area contributed by atoms with Crippen LogP contribution in [0, 0.1) is 12.8 Å². The summed E-state index contributed by atoms with van der Waals surface area (Å²) in [6, 6.07) is 0. The highest BCUT2D eigenvalue weighted by Crippen LogP contribution is 2.07. The second-order valence-electron chi connectivity index (χ2n) is 5.73. The molecule has 0 unspecified atom stereocenters. The Kier molecular flexibility index (Phi) is 4.76. The van der Waals surface area contributed by atoms with Gasteiger partial charge in [-0.05, 0) is 39.2 Å². The molecule has 1 amide bonds. The molecule has 5 nitrogen and oxygen atoms in total. The van der Waals surface area contributed by atoms with Gasteiger partial charge in [0.15, 0.2) is 0 Å². The van der Waals surface area contributed by atoms with Gasteiger partial charge in [0.1, 0.15) is 5.60 Å². The van der Waals surface area contributed by atoms with Gasteiger partial charge in [-0.15, -0.1) is 0 Å². The second-order valence-corrected chi connectivity index (χ2v) is 5.73. The van der Waals surface area contributed by atoms with Crippen LogP contribution in [0.2, 0.25) is 0 Å². The number of carbonyl (C=O) groups is 1. The highest BCUT2D eigenvalue weighted by atomic mass is 16.6. The maximum atomic E-state index is 11.5. The van der Waals surface area contributed by atoms with E-state index >= 15 is 0 Å². The zero-order valence-corrected chi connectivity index (χ0v) is 11.9. The first kappa shape index (κ1) is 14.5. The third kappa shape index (κ3) is 5.70. The Hall–Kier alpha value is -1.52. The molecule has 0 saturated carbocycles. The first-order valence-electron chi connectivity index (χ1n) is 6.22. The van der Waals surface area contributed by atoms with Crippen LogP contribution in [0.3, 0.4) is 0 Å². The highest BCUT2D eigenvalue weighted by Gasteiger charge is 2.16. The summed E-state index contributed by atoms with van der Waals surface area (Å²) < 4.78 is 7.06. The van der Waals surface area contributed by atoms with E-state index in [0.29, 0.717) is 12.5 Å². The number of ether oxygens (including phenoxy) is 1. The Bertz CT molecular complexity index is 393. The molecule has 0 radical (unpaired) electrons. The van der Waals surface area contributed by atoms with Crippen LogP contribution in [0.25, 0.3) is 0 Å². The molecule has 1 atom stereocenters. The minimum atomic E-state index is -0.452. The summed E-state index contributed by atoms with van der Waals surface area (Å²) in [7, 11) is 0. The molecule has 1 heterocycles. The summed E-state index contributed by atoms with van der Waals surface area (Å²) >= 11 is 0. The lowest BCUT2D eigenvalue weighted by atomic mass is 10.2. The molecular formula is C13H23N3O2. The van der Waals surface area contributed by atoms with Gasteiger partial charge < -0.3 is 10.1 Å². The molecule has 0 saturated heterocycles. The maximum Gasteiger partial charge on any atom is 0.407 e. The Balaban J connectivity index is 2.29. The van der Waals surface area contributed by atoms with Crippen molar-refractivity contribution in [2.75, 3.05) is 6.54 Å². The summed E-state index contributed by atoms with van der Waals surface area (Å²) in [6.07, 6.45) is 3.45. The molecule has 18 heavy (non-hydrogen) atoms. The van der Waals surface area contributed by atoms with E-state index in [4.69, 9.17) is 4.74 Å². The van der Waals surface area contributed by atoms with Gasteiger partial charge in [-0.25, -0.2) is 4.79 Å². The maximum absolute atomic E-state index is 11.5. The van der Waals surface area contributed by atoms with Crippen molar-refractivity contribution in [2.24, 2.45) is 5.92 Å². The number of aromatic nitrogens is 2. The minimum Gasteiger partial charge on any atom is -0.444 e. The number of carbonyl (C=O) groups excluding carboxylic acids is 1. The first-order chi connectivity index (χ1) is 8.26. The molecule has 1 rings (SSSR count). The lowest BCUT2D eigenvalue weighted by Crippen LogP contribution is -2.35. The normalized spacial score (nSPS) is 13.2. The summed E-state index contributed by atoms with van der Waals surface area (Å²) in [5.41, 5.74) is 0.689. The van der Waals surface area contributed by atoms with Gasteiger partial charge in [0.05, 0.1) is 6.20 Å². The molecule has 0 aromatic carbocycles. The predicted molar refractivity (Wildman–Crippen MR) is 70.4 cm³/mol. The molecule has 102 valence electrons. The predicted octanol–water partition coefficient (Wildman–Crippen LogP) is 2.35. The highest BCUT2D eigenvalue weighted by molar-refractivity contribution is 5.67. The molecule has 1 N–H and O–H groups in total. The Morgan fingerprint density at radius 1 is 1.56 bits per heavy atom. The average molecular weight is 253 g/mol. The van der Waals surface area contributed by atoms with E-state index in [-0.39, 0.29) is 6.09 Å². The SMILES string of the molecule is Cc1cnn(C[C@@H](C)CNC(=O)OC(C)(C)C)c1. The van der Waals surface area contributed by atoms with Gasteiger partial charge in [-0.2, -0.15) is 5.10 Å². The van der Waals surface area contributed by atoms with E-state index in [1.165, 1.54) is 0 Å². The number of nitrogens with one attached hydrogen (secondary N) is 1. The van der Waals surface area contributed by atoms with Crippen LogP contribution in [0.5, 0.6) is 0 Å². The van der Waals surface area contributed by atoms with Gasteiger partial charge in [-0.1, -0.05) is 6.92 Å². The molecule has 0 fully saturated rings. The van der Waals surface area contributed by atoms with E-state index in [1.54, 1.807) is 0 Å². The number of alkyl carbamates (subject to hydrolysis) is 1. The standard InChI is InChI=1S/C13H23N3O2/c1-10(8-16-9-11(2)7-15-16)6-14-12(17)18-13(3,4)5/h7,9-10H,6,8H2,1-5H3,(H,14,17)/t10-/m0/s1. The minimum absolute atomic E-state index is 0.303. The Morgan fingerprint density at radius 2 is 2.22 bits per heavy atom. The molecule has 0 aliphatic heterocycles. The van der Waals surface area contributed by atoms with Crippen molar-refractivity contribution in [1.82, 2.24) is 15.1 Å². The number of aryl methyl sites for hydroxylation is 1. The van der Waals surface area contributed by atoms with E-state index in [0.717, 1.165) is 12.1 Å². The zero-order chi connectivity index (χ0) is 13.8. The topological polar surface area (TPSA) is 56.2 Å². The molecule has 0 spiro atoms. The van der Waals surface area contributed by atoms with Crippen molar-refractivity contribution in [3.05, 3.63) is 18.0 Å². The molecule has 5 heteroatoms. The van der Waals surface area contributed by atoms with Crippen LogP contribution in [-0.4, -0.2) is 28.0 Å². The Morgan fingerprint density at radius 3 is 2.72 bits per heavy atom. The number of hydrogen-bond acceptors (Lipinski definition) is 3. The van der Waals surface area contributed by atoms with E-state index in [9.17, 15) is 4.79 Å².